The first-order chi connectivity index (χ1) is 14.9. The second-order valence-corrected chi connectivity index (χ2v) is 7.97. The first-order valence-electron chi connectivity index (χ1n) is 10.8. The molecule has 7 heteroatoms. The second kappa shape index (κ2) is 12.4. The van der Waals surface area contributed by atoms with E-state index in [0.29, 0.717) is 25.3 Å². The van der Waals surface area contributed by atoms with E-state index in [0.717, 1.165) is 36.8 Å². The summed E-state index contributed by atoms with van der Waals surface area (Å²) in [5.74, 6) is 0.806. The minimum atomic E-state index is 0.0118. The lowest BCUT2D eigenvalue weighted by molar-refractivity contribution is -0.127. The van der Waals surface area contributed by atoms with Gasteiger partial charge in [0.2, 0.25) is 5.91 Å². The Morgan fingerprint density at radius 2 is 1.97 bits per heavy atom. The molecule has 2 heterocycles. The predicted molar refractivity (Wildman–Crippen MR) is 125 cm³/mol. The maximum Gasteiger partial charge on any atom is 0.246 e. The van der Waals surface area contributed by atoms with Gasteiger partial charge >= 0.3 is 0 Å². The van der Waals surface area contributed by atoms with Gasteiger partial charge in [0.25, 0.3) is 0 Å². The highest BCUT2D eigenvalue weighted by Gasteiger charge is 2.23. The molecule has 0 aliphatic carbocycles. The first kappa shape index (κ1) is 24.8. The number of nitrogens with zero attached hydrogens (tertiary/aromatic N) is 4. The van der Waals surface area contributed by atoms with Gasteiger partial charge in [-0.15, -0.1) is 0 Å². The fraction of sp³-hybridized carbons (Fsp3) is 0.458. The highest BCUT2D eigenvalue weighted by Crippen LogP contribution is 2.15. The van der Waals surface area contributed by atoms with Crippen LogP contribution in [-0.4, -0.2) is 57.7 Å². The Morgan fingerprint density at radius 1 is 1.23 bits per heavy atom. The van der Waals surface area contributed by atoms with Gasteiger partial charge in [-0.25, -0.2) is 4.98 Å². The van der Waals surface area contributed by atoms with Crippen molar-refractivity contribution in [3.05, 3.63) is 64.7 Å². The van der Waals surface area contributed by atoms with Crippen LogP contribution >= 0.6 is 11.6 Å². The molecule has 3 rings (SSSR count). The molecule has 1 aromatic carbocycles. The van der Waals surface area contributed by atoms with Crippen LogP contribution in [0.25, 0.3) is 0 Å². The molecule has 0 unspecified atom stereocenters. The summed E-state index contributed by atoms with van der Waals surface area (Å²) in [6.07, 6.45) is 7.05. The van der Waals surface area contributed by atoms with E-state index in [1.165, 1.54) is 12.5 Å². The van der Waals surface area contributed by atoms with Crippen molar-refractivity contribution in [1.29, 1.82) is 0 Å². The molecule has 0 N–H and O–H groups in total. The zero-order chi connectivity index (χ0) is 22.8. The van der Waals surface area contributed by atoms with Gasteiger partial charge in [-0.1, -0.05) is 49.7 Å². The molecule has 0 atom stereocenters. The topological polar surface area (TPSA) is 58.4 Å². The van der Waals surface area contributed by atoms with E-state index in [2.05, 4.69) is 30.8 Å². The molecular weight excluding hydrogens is 412 g/mol. The number of rotatable bonds is 7. The second-order valence-electron chi connectivity index (χ2n) is 7.56. The Hall–Kier alpha value is -2.44. The summed E-state index contributed by atoms with van der Waals surface area (Å²) in [6, 6.07) is 7.91. The summed E-state index contributed by atoms with van der Waals surface area (Å²) in [6.45, 7) is 9.41. The molecule has 31 heavy (non-hydrogen) atoms. The van der Waals surface area contributed by atoms with Gasteiger partial charge in [-0.2, -0.15) is 0 Å². The normalized spacial score (nSPS) is 13.2. The number of halogens is 1. The number of imidazole rings is 1. The zero-order valence-electron chi connectivity index (χ0n) is 19.0. The predicted octanol–water partition coefficient (Wildman–Crippen LogP) is 4.23. The number of benzene rings is 1. The van der Waals surface area contributed by atoms with Crippen LogP contribution in [0.4, 0.5) is 0 Å². The molecular formula is C24H33ClN4O2. The van der Waals surface area contributed by atoms with Crippen molar-refractivity contribution in [3.63, 3.8) is 0 Å². The molecule has 0 radical (unpaired) electrons. The molecule has 1 aliphatic rings. The minimum absolute atomic E-state index is 0.0118. The Kier molecular flexibility index (Phi) is 9.95. The van der Waals surface area contributed by atoms with E-state index in [9.17, 15) is 9.59 Å². The fourth-order valence-corrected chi connectivity index (χ4v) is 3.53. The quantitative estimate of drug-likeness (QED) is 0.473. The number of hydrogen-bond donors (Lipinski definition) is 0. The van der Waals surface area contributed by atoms with E-state index in [-0.39, 0.29) is 11.7 Å². The van der Waals surface area contributed by atoms with Gasteiger partial charge in [0.15, 0.2) is 5.78 Å². The molecule has 0 saturated carbocycles. The summed E-state index contributed by atoms with van der Waals surface area (Å²) >= 11 is 5.82. The Morgan fingerprint density at radius 3 is 2.58 bits per heavy atom. The number of hydrogen-bond acceptors (Lipinski definition) is 4. The van der Waals surface area contributed by atoms with Crippen LogP contribution in [0.3, 0.4) is 0 Å². The Balaban J connectivity index is 0.000000316. The first-order valence-corrected chi connectivity index (χ1v) is 11.2. The monoisotopic (exact) mass is 444 g/mol. The summed E-state index contributed by atoms with van der Waals surface area (Å²) in [5, 5.41) is 0.875. The molecule has 0 spiro atoms. The van der Waals surface area contributed by atoms with E-state index in [1.807, 2.05) is 34.9 Å². The van der Waals surface area contributed by atoms with Crippen LogP contribution in [0.1, 0.15) is 49.1 Å². The van der Waals surface area contributed by atoms with E-state index < -0.39 is 0 Å². The van der Waals surface area contributed by atoms with Crippen molar-refractivity contribution >= 4 is 23.3 Å². The van der Waals surface area contributed by atoms with Crippen molar-refractivity contribution in [1.82, 2.24) is 19.4 Å². The third kappa shape index (κ3) is 7.33. The fourth-order valence-electron chi connectivity index (χ4n) is 3.26. The summed E-state index contributed by atoms with van der Waals surface area (Å²) in [5.41, 5.74) is 1.85. The van der Waals surface area contributed by atoms with Gasteiger partial charge in [0.1, 0.15) is 11.5 Å². The van der Waals surface area contributed by atoms with Gasteiger partial charge in [0.05, 0.1) is 12.7 Å². The molecule has 0 bridgehead atoms. The summed E-state index contributed by atoms with van der Waals surface area (Å²) in [7, 11) is 2.06. The molecule has 6 nitrogen and oxygen atoms in total. The highest BCUT2D eigenvalue weighted by atomic mass is 35.5. The maximum absolute atomic E-state index is 12.2. The van der Waals surface area contributed by atoms with Crippen LogP contribution in [0.5, 0.6) is 0 Å². The van der Waals surface area contributed by atoms with Crippen LogP contribution in [-0.2, 0) is 24.3 Å². The number of amides is 1. The number of carbonyl (C=O) groups is 2. The Labute approximate surface area is 190 Å². The lowest BCUT2D eigenvalue weighted by Crippen LogP contribution is -2.38. The van der Waals surface area contributed by atoms with Crippen LogP contribution in [0.2, 0.25) is 5.02 Å². The summed E-state index contributed by atoms with van der Waals surface area (Å²) in [4.78, 5) is 31.9. The number of ketones is 1. The number of carbonyl (C=O) groups excluding carboxylic acids is 2. The van der Waals surface area contributed by atoms with Crippen molar-refractivity contribution in [2.45, 2.75) is 46.7 Å². The number of aryl methyl sites for hydroxylation is 1. The van der Waals surface area contributed by atoms with Crippen LogP contribution < -0.4 is 0 Å². The van der Waals surface area contributed by atoms with Crippen molar-refractivity contribution in [2.75, 3.05) is 26.7 Å². The largest absolute Gasteiger partial charge is 0.330 e. The third-order valence-electron chi connectivity index (χ3n) is 5.35. The van der Waals surface area contributed by atoms with Crippen LogP contribution in [0, 0.1) is 0 Å². The smallest absolute Gasteiger partial charge is 0.246 e. The van der Waals surface area contributed by atoms with E-state index >= 15 is 0 Å². The average molecular weight is 445 g/mol. The number of aromatic nitrogens is 2. The molecule has 1 aromatic heterocycles. The van der Waals surface area contributed by atoms with Crippen LogP contribution in [0.15, 0.2) is 42.6 Å². The van der Waals surface area contributed by atoms with Gasteiger partial charge in [-0.3, -0.25) is 9.59 Å². The van der Waals surface area contributed by atoms with E-state index in [1.54, 1.807) is 17.2 Å². The van der Waals surface area contributed by atoms with Crippen molar-refractivity contribution in [3.8, 4) is 0 Å². The van der Waals surface area contributed by atoms with Gasteiger partial charge in [0, 0.05) is 31.6 Å². The van der Waals surface area contributed by atoms with Crippen molar-refractivity contribution in [2.24, 2.45) is 0 Å². The SMILES string of the molecule is CCN(C)CC/C=C/C(=O)N1CCn2c(C(C)=O)cnc2C1.CCc1ccccc1Cl. The molecule has 1 amide bonds. The lowest BCUT2D eigenvalue weighted by Gasteiger charge is -2.27. The van der Waals surface area contributed by atoms with Crippen molar-refractivity contribution < 1.29 is 9.59 Å². The molecule has 168 valence electrons. The molecule has 1 aliphatic heterocycles. The third-order valence-corrected chi connectivity index (χ3v) is 5.72. The summed E-state index contributed by atoms with van der Waals surface area (Å²) < 4.78 is 1.91. The zero-order valence-corrected chi connectivity index (χ0v) is 19.7. The number of Topliss-reactive ketones (excluding diaryl/α,β-unsaturated/α-hetero) is 1. The van der Waals surface area contributed by atoms with Gasteiger partial charge < -0.3 is 14.4 Å². The molecule has 0 fully saturated rings. The lowest BCUT2D eigenvalue weighted by atomic mass is 10.2. The molecule has 0 saturated heterocycles. The van der Waals surface area contributed by atoms with Gasteiger partial charge in [-0.05, 0) is 44.1 Å². The molecule has 2 aromatic rings. The van der Waals surface area contributed by atoms with E-state index in [4.69, 9.17) is 11.6 Å². The highest BCUT2D eigenvalue weighted by molar-refractivity contribution is 6.31. The Bertz CT molecular complexity index is 907. The average Bonchev–Trinajstić information content (AvgIpc) is 3.20. The number of fused-ring (bicyclic) bond motifs is 1. The maximum atomic E-state index is 12.2. The minimum Gasteiger partial charge on any atom is -0.330 e. The standard InChI is InChI=1S/C16H24N4O2.C8H9Cl/c1-4-18(3)8-6-5-7-16(22)19-9-10-20-14(13(2)21)11-17-15(20)12-19;1-2-7-5-3-4-6-8(7)9/h5,7,11H,4,6,8-10,12H2,1-3H3;3-6H,2H2,1H3/b7-5+;.